The van der Waals surface area contributed by atoms with E-state index in [2.05, 4.69) is 25.6 Å². The highest BCUT2D eigenvalue weighted by atomic mass is 19.1. The van der Waals surface area contributed by atoms with Gasteiger partial charge in [-0.3, -0.25) is 4.98 Å². The van der Waals surface area contributed by atoms with E-state index in [0.717, 1.165) is 16.9 Å². The highest BCUT2D eigenvalue weighted by Gasteiger charge is 2.10. The van der Waals surface area contributed by atoms with Crippen molar-refractivity contribution in [2.45, 2.75) is 26.8 Å². The second-order valence-corrected chi connectivity index (χ2v) is 6.06. The molecular formula is C19H20FN5. The van der Waals surface area contributed by atoms with Gasteiger partial charge in [0.05, 0.1) is 11.4 Å². The van der Waals surface area contributed by atoms with Gasteiger partial charge in [-0.15, -0.1) is 0 Å². The maximum atomic E-state index is 13.3. The first-order valence-electron chi connectivity index (χ1n) is 8.11. The lowest BCUT2D eigenvalue weighted by Crippen LogP contribution is -2.13. The summed E-state index contributed by atoms with van der Waals surface area (Å²) in [6.07, 6.45) is 1.73. The molecule has 0 saturated heterocycles. The third-order valence-corrected chi connectivity index (χ3v) is 3.52. The molecule has 6 heteroatoms. The van der Waals surface area contributed by atoms with Gasteiger partial charge in [-0.25, -0.2) is 9.37 Å². The van der Waals surface area contributed by atoms with Gasteiger partial charge >= 0.3 is 0 Å². The standard InChI is InChI=1S/C19H20FN5/c1-12(2)22-19-24-17(16-6-4-5-9-21-16)11-18(25-19)23-15-8-7-14(20)10-13(15)3/h4-12H,1-3H3,(H2,22,23,24,25). The molecule has 3 aromatic rings. The molecule has 0 spiro atoms. The predicted molar refractivity (Wildman–Crippen MR) is 98.4 cm³/mol. The van der Waals surface area contributed by atoms with Gasteiger partial charge < -0.3 is 10.6 Å². The zero-order valence-corrected chi connectivity index (χ0v) is 14.4. The summed E-state index contributed by atoms with van der Waals surface area (Å²) < 4.78 is 13.3. The van der Waals surface area contributed by atoms with Gasteiger partial charge in [-0.2, -0.15) is 4.98 Å². The van der Waals surface area contributed by atoms with Crippen molar-refractivity contribution in [3.63, 3.8) is 0 Å². The normalized spacial score (nSPS) is 10.8. The third kappa shape index (κ3) is 4.29. The van der Waals surface area contributed by atoms with Crippen molar-refractivity contribution in [2.24, 2.45) is 0 Å². The van der Waals surface area contributed by atoms with E-state index in [1.54, 1.807) is 12.3 Å². The van der Waals surface area contributed by atoms with Crippen LogP contribution in [0.15, 0.2) is 48.7 Å². The number of pyridine rings is 1. The van der Waals surface area contributed by atoms with Crippen molar-refractivity contribution in [1.82, 2.24) is 15.0 Å². The van der Waals surface area contributed by atoms with Gasteiger partial charge in [0.1, 0.15) is 11.6 Å². The fourth-order valence-corrected chi connectivity index (χ4v) is 2.38. The number of rotatable bonds is 5. The summed E-state index contributed by atoms with van der Waals surface area (Å²) >= 11 is 0. The molecule has 0 saturated carbocycles. The van der Waals surface area contributed by atoms with Crippen LogP contribution in [0.4, 0.5) is 21.8 Å². The van der Waals surface area contributed by atoms with Gasteiger partial charge in [-0.05, 0) is 56.7 Å². The average molecular weight is 337 g/mol. The highest BCUT2D eigenvalue weighted by Crippen LogP contribution is 2.24. The molecule has 5 nitrogen and oxygen atoms in total. The minimum Gasteiger partial charge on any atom is -0.352 e. The van der Waals surface area contributed by atoms with E-state index in [0.29, 0.717) is 17.5 Å². The molecule has 0 aliphatic rings. The number of anilines is 3. The molecule has 128 valence electrons. The smallest absolute Gasteiger partial charge is 0.225 e. The SMILES string of the molecule is Cc1cc(F)ccc1Nc1cc(-c2ccccn2)nc(NC(C)C)n1. The molecule has 2 aromatic heterocycles. The Morgan fingerprint density at radius 1 is 1.00 bits per heavy atom. The molecule has 0 fully saturated rings. The quantitative estimate of drug-likeness (QED) is 0.715. The third-order valence-electron chi connectivity index (χ3n) is 3.52. The Morgan fingerprint density at radius 3 is 2.52 bits per heavy atom. The number of nitrogens with one attached hydrogen (secondary N) is 2. The van der Waals surface area contributed by atoms with E-state index in [1.807, 2.05) is 45.0 Å². The summed E-state index contributed by atoms with van der Waals surface area (Å²) in [6, 6.07) is 12.3. The zero-order valence-electron chi connectivity index (χ0n) is 14.4. The predicted octanol–water partition coefficient (Wildman–Crippen LogP) is 4.55. The van der Waals surface area contributed by atoms with Crippen LogP contribution in [0, 0.1) is 12.7 Å². The van der Waals surface area contributed by atoms with Crippen molar-refractivity contribution in [3.8, 4) is 11.4 Å². The van der Waals surface area contributed by atoms with Crippen LogP contribution in [-0.4, -0.2) is 21.0 Å². The van der Waals surface area contributed by atoms with E-state index in [9.17, 15) is 4.39 Å². The molecule has 0 amide bonds. The van der Waals surface area contributed by atoms with Crippen LogP contribution in [0.2, 0.25) is 0 Å². The first kappa shape index (κ1) is 16.8. The fourth-order valence-electron chi connectivity index (χ4n) is 2.38. The Morgan fingerprint density at radius 2 is 1.84 bits per heavy atom. The van der Waals surface area contributed by atoms with E-state index < -0.39 is 0 Å². The van der Waals surface area contributed by atoms with Crippen molar-refractivity contribution in [2.75, 3.05) is 10.6 Å². The first-order chi connectivity index (χ1) is 12.0. The maximum absolute atomic E-state index is 13.3. The summed E-state index contributed by atoms with van der Waals surface area (Å²) in [7, 11) is 0. The summed E-state index contributed by atoms with van der Waals surface area (Å²) in [5.74, 6) is 0.871. The van der Waals surface area contributed by atoms with Crippen LogP contribution in [0.5, 0.6) is 0 Å². The van der Waals surface area contributed by atoms with Gasteiger partial charge in [0.25, 0.3) is 0 Å². The first-order valence-corrected chi connectivity index (χ1v) is 8.11. The summed E-state index contributed by atoms with van der Waals surface area (Å²) in [5, 5.41) is 6.45. The molecular weight excluding hydrogens is 317 g/mol. The molecule has 3 rings (SSSR count). The van der Waals surface area contributed by atoms with E-state index in [-0.39, 0.29) is 11.9 Å². The summed E-state index contributed by atoms with van der Waals surface area (Å²) in [6.45, 7) is 5.89. The number of nitrogens with zero attached hydrogens (tertiary/aromatic N) is 3. The Kier molecular flexibility index (Phi) is 4.88. The lowest BCUT2D eigenvalue weighted by Gasteiger charge is -2.14. The number of benzene rings is 1. The Balaban J connectivity index is 2.00. The lowest BCUT2D eigenvalue weighted by molar-refractivity contribution is 0.627. The monoisotopic (exact) mass is 337 g/mol. The number of halogens is 1. The number of hydrogen-bond acceptors (Lipinski definition) is 5. The van der Waals surface area contributed by atoms with Crippen LogP contribution in [0.3, 0.4) is 0 Å². The Bertz CT molecular complexity index is 865. The second kappa shape index (κ2) is 7.25. The maximum Gasteiger partial charge on any atom is 0.225 e. The van der Waals surface area contributed by atoms with Gasteiger partial charge in [0.15, 0.2) is 0 Å². The molecule has 2 N–H and O–H groups in total. The van der Waals surface area contributed by atoms with Crippen LogP contribution in [-0.2, 0) is 0 Å². The molecule has 0 radical (unpaired) electrons. The number of aromatic nitrogens is 3. The molecule has 2 heterocycles. The number of hydrogen-bond donors (Lipinski definition) is 2. The molecule has 0 aliphatic carbocycles. The molecule has 0 bridgehead atoms. The highest BCUT2D eigenvalue weighted by molar-refractivity contribution is 5.66. The van der Waals surface area contributed by atoms with E-state index in [4.69, 9.17) is 0 Å². The van der Waals surface area contributed by atoms with Crippen molar-refractivity contribution in [1.29, 1.82) is 0 Å². The molecule has 0 unspecified atom stereocenters. The lowest BCUT2D eigenvalue weighted by atomic mass is 10.2. The van der Waals surface area contributed by atoms with Crippen LogP contribution in [0.1, 0.15) is 19.4 Å². The molecule has 25 heavy (non-hydrogen) atoms. The Labute approximate surface area is 146 Å². The van der Waals surface area contributed by atoms with E-state index in [1.165, 1.54) is 12.1 Å². The number of aryl methyl sites for hydroxylation is 1. The van der Waals surface area contributed by atoms with Crippen LogP contribution < -0.4 is 10.6 Å². The van der Waals surface area contributed by atoms with Gasteiger partial charge in [-0.1, -0.05) is 6.07 Å². The minimum absolute atomic E-state index is 0.194. The van der Waals surface area contributed by atoms with Crippen LogP contribution >= 0.6 is 0 Å². The zero-order chi connectivity index (χ0) is 17.8. The summed E-state index contributed by atoms with van der Waals surface area (Å²) in [4.78, 5) is 13.4. The van der Waals surface area contributed by atoms with E-state index >= 15 is 0 Å². The van der Waals surface area contributed by atoms with Crippen molar-refractivity contribution in [3.05, 3.63) is 60.0 Å². The topological polar surface area (TPSA) is 62.7 Å². The van der Waals surface area contributed by atoms with Crippen molar-refractivity contribution < 1.29 is 4.39 Å². The van der Waals surface area contributed by atoms with Gasteiger partial charge in [0, 0.05) is 24.0 Å². The Hall–Kier alpha value is -3.02. The fraction of sp³-hybridized carbons (Fsp3) is 0.211. The molecule has 1 aromatic carbocycles. The molecule has 0 atom stereocenters. The summed E-state index contributed by atoms with van der Waals surface area (Å²) in [5.41, 5.74) is 3.07. The van der Waals surface area contributed by atoms with Crippen LogP contribution in [0.25, 0.3) is 11.4 Å². The van der Waals surface area contributed by atoms with Crippen molar-refractivity contribution >= 4 is 17.5 Å². The van der Waals surface area contributed by atoms with Gasteiger partial charge in [0.2, 0.25) is 5.95 Å². The largest absolute Gasteiger partial charge is 0.352 e. The minimum atomic E-state index is -0.262. The second-order valence-electron chi connectivity index (χ2n) is 6.06. The average Bonchev–Trinajstić information content (AvgIpc) is 2.57. The molecule has 0 aliphatic heterocycles.